The molecule has 0 fully saturated rings. The molecule has 0 spiro atoms. The minimum atomic E-state index is -0.104. The average Bonchev–Trinajstić information content (AvgIpc) is 2.28. The van der Waals surface area contributed by atoms with Crippen LogP contribution in [0.2, 0.25) is 0 Å². The van der Waals surface area contributed by atoms with Crippen molar-refractivity contribution < 1.29 is 9.53 Å². The lowest BCUT2D eigenvalue weighted by Crippen LogP contribution is -2.27. The molecule has 0 unspecified atom stereocenters. The Labute approximate surface area is 101 Å². The van der Waals surface area contributed by atoms with Crippen LogP contribution in [0.4, 0.5) is 5.69 Å². The largest absolute Gasteiger partial charge is 0.482 e. The number of rotatable bonds is 3. The van der Waals surface area contributed by atoms with Gasteiger partial charge >= 0.3 is 0 Å². The van der Waals surface area contributed by atoms with Crippen molar-refractivity contribution >= 4 is 11.6 Å². The molecule has 1 aliphatic heterocycles. The Kier molecular flexibility index (Phi) is 3.07. The van der Waals surface area contributed by atoms with Gasteiger partial charge in [-0.25, -0.2) is 0 Å². The first-order valence-electron chi connectivity index (χ1n) is 5.76. The highest BCUT2D eigenvalue weighted by Gasteiger charge is 2.19. The van der Waals surface area contributed by atoms with Crippen LogP contribution in [0, 0.1) is 5.41 Å². The van der Waals surface area contributed by atoms with E-state index in [4.69, 9.17) is 10.5 Å². The van der Waals surface area contributed by atoms with Gasteiger partial charge in [0, 0.05) is 0 Å². The van der Waals surface area contributed by atoms with Gasteiger partial charge < -0.3 is 15.8 Å². The SMILES string of the molecule is CC(C)(CN)Cc1ccc2c(c1)NC(=O)CO2. The minimum Gasteiger partial charge on any atom is -0.482 e. The van der Waals surface area contributed by atoms with Gasteiger partial charge in [-0.05, 0) is 36.1 Å². The topological polar surface area (TPSA) is 64.3 Å². The number of carbonyl (C=O) groups excluding carboxylic acids is 1. The van der Waals surface area contributed by atoms with Gasteiger partial charge in [0.25, 0.3) is 5.91 Å². The van der Waals surface area contributed by atoms with Crippen molar-refractivity contribution in [2.24, 2.45) is 11.1 Å². The third kappa shape index (κ3) is 2.77. The van der Waals surface area contributed by atoms with Crippen molar-refractivity contribution in [3.8, 4) is 5.75 Å². The molecule has 1 amide bonds. The summed E-state index contributed by atoms with van der Waals surface area (Å²) in [6.07, 6.45) is 0.882. The Morgan fingerprint density at radius 2 is 2.24 bits per heavy atom. The predicted octanol–water partition coefficient (Wildman–Crippen LogP) is 1.54. The number of hydrogen-bond donors (Lipinski definition) is 2. The van der Waals surface area contributed by atoms with Crippen LogP contribution in [0.3, 0.4) is 0 Å². The molecule has 0 saturated carbocycles. The van der Waals surface area contributed by atoms with Gasteiger partial charge in [0.15, 0.2) is 6.61 Å². The van der Waals surface area contributed by atoms with Crippen LogP contribution in [0.5, 0.6) is 5.75 Å². The summed E-state index contributed by atoms with van der Waals surface area (Å²) >= 11 is 0. The second-order valence-electron chi connectivity index (χ2n) is 5.21. The van der Waals surface area contributed by atoms with Gasteiger partial charge in [-0.2, -0.15) is 0 Å². The van der Waals surface area contributed by atoms with Crippen molar-refractivity contribution in [2.75, 3.05) is 18.5 Å². The number of nitrogens with one attached hydrogen (secondary N) is 1. The van der Waals surface area contributed by atoms with E-state index in [-0.39, 0.29) is 17.9 Å². The molecule has 2 rings (SSSR count). The molecule has 1 heterocycles. The zero-order chi connectivity index (χ0) is 12.5. The molecule has 3 N–H and O–H groups in total. The van der Waals surface area contributed by atoms with Gasteiger partial charge in [0.2, 0.25) is 0 Å². The molecular weight excluding hydrogens is 216 g/mol. The first-order chi connectivity index (χ1) is 8.00. The fraction of sp³-hybridized carbons (Fsp3) is 0.462. The van der Waals surface area contributed by atoms with Crippen LogP contribution >= 0.6 is 0 Å². The molecule has 1 aromatic rings. The van der Waals surface area contributed by atoms with Crippen molar-refractivity contribution in [1.82, 2.24) is 0 Å². The second-order valence-corrected chi connectivity index (χ2v) is 5.21. The van der Waals surface area contributed by atoms with Crippen LogP contribution < -0.4 is 15.8 Å². The van der Waals surface area contributed by atoms with E-state index in [2.05, 4.69) is 19.2 Å². The Bertz CT molecular complexity index is 441. The quantitative estimate of drug-likeness (QED) is 0.834. The second kappa shape index (κ2) is 4.37. The van der Waals surface area contributed by atoms with E-state index in [1.807, 2.05) is 18.2 Å². The zero-order valence-electron chi connectivity index (χ0n) is 10.2. The lowest BCUT2D eigenvalue weighted by molar-refractivity contribution is -0.118. The highest BCUT2D eigenvalue weighted by Crippen LogP contribution is 2.30. The molecule has 4 heteroatoms. The van der Waals surface area contributed by atoms with Crippen molar-refractivity contribution in [3.05, 3.63) is 23.8 Å². The minimum absolute atomic E-state index is 0.0633. The maximum absolute atomic E-state index is 11.2. The summed E-state index contributed by atoms with van der Waals surface area (Å²) in [5.41, 5.74) is 7.70. The Hall–Kier alpha value is -1.55. The van der Waals surface area contributed by atoms with E-state index in [0.717, 1.165) is 23.4 Å². The molecule has 92 valence electrons. The van der Waals surface area contributed by atoms with Crippen LogP contribution in [0.1, 0.15) is 19.4 Å². The van der Waals surface area contributed by atoms with Gasteiger partial charge in [-0.3, -0.25) is 4.79 Å². The summed E-state index contributed by atoms with van der Waals surface area (Å²) in [4.78, 5) is 11.2. The van der Waals surface area contributed by atoms with Crippen molar-refractivity contribution in [3.63, 3.8) is 0 Å². The Balaban J connectivity index is 2.21. The molecular formula is C13H18N2O2. The van der Waals surface area contributed by atoms with Gasteiger partial charge in [0.05, 0.1) is 5.69 Å². The summed E-state index contributed by atoms with van der Waals surface area (Å²) in [6, 6.07) is 5.88. The van der Waals surface area contributed by atoms with Crippen LogP contribution in [0.25, 0.3) is 0 Å². The average molecular weight is 234 g/mol. The van der Waals surface area contributed by atoms with Crippen LogP contribution in [-0.4, -0.2) is 19.1 Å². The molecule has 0 saturated heterocycles. The number of anilines is 1. The van der Waals surface area contributed by atoms with Crippen molar-refractivity contribution in [2.45, 2.75) is 20.3 Å². The van der Waals surface area contributed by atoms with Crippen LogP contribution in [-0.2, 0) is 11.2 Å². The monoisotopic (exact) mass is 234 g/mol. The summed E-state index contributed by atoms with van der Waals surface area (Å²) in [7, 11) is 0. The predicted molar refractivity (Wildman–Crippen MR) is 67.1 cm³/mol. The number of carbonyl (C=O) groups is 1. The molecule has 0 aromatic heterocycles. The highest BCUT2D eigenvalue weighted by atomic mass is 16.5. The Morgan fingerprint density at radius 3 is 2.94 bits per heavy atom. The fourth-order valence-electron chi connectivity index (χ4n) is 1.86. The lowest BCUT2D eigenvalue weighted by Gasteiger charge is -2.24. The number of nitrogens with two attached hydrogens (primary N) is 1. The van der Waals surface area contributed by atoms with E-state index in [0.29, 0.717) is 6.54 Å². The standard InChI is InChI=1S/C13H18N2O2/c1-13(2,8-14)6-9-3-4-11-10(5-9)15-12(16)7-17-11/h3-5H,6-8,14H2,1-2H3,(H,15,16). The van der Waals surface area contributed by atoms with E-state index < -0.39 is 0 Å². The molecule has 0 atom stereocenters. The maximum Gasteiger partial charge on any atom is 0.262 e. The molecule has 0 radical (unpaired) electrons. The molecule has 4 nitrogen and oxygen atoms in total. The number of hydrogen-bond acceptors (Lipinski definition) is 3. The number of fused-ring (bicyclic) bond motifs is 1. The van der Waals surface area contributed by atoms with Gasteiger partial charge in [0.1, 0.15) is 5.75 Å². The van der Waals surface area contributed by atoms with Gasteiger partial charge in [-0.15, -0.1) is 0 Å². The van der Waals surface area contributed by atoms with E-state index in [1.165, 1.54) is 0 Å². The first-order valence-corrected chi connectivity index (χ1v) is 5.76. The molecule has 1 aromatic carbocycles. The molecule has 1 aliphatic rings. The molecule has 0 aliphatic carbocycles. The number of ether oxygens (including phenoxy) is 1. The first kappa shape index (κ1) is 11.9. The third-order valence-corrected chi connectivity index (χ3v) is 2.91. The third-order valence-electron chi connectivity index (χ3n) is 2.91. The van der Waals surface area contributed by atoms with Crippen molar-refractivity contribution in [1.29, 1.82) is 0 Å². The highest BCUT2D eigenvalue weighted by molar-refractivity contribution is 5.95. The maximum atomic E-state index is 11.2. The number of benzene rings is 1. The van der Waals surface area contributed by atoms with Gasteiger partial charge in [-0.1, -0.05) is 19.9 Å². The number of amides is 1. The lowest BCUT2D eigenvalue weighted by atomic mass is 9.86. The zero-order valence-corrected chi connectivity index (χ0v) is 10.2. The summed E-state index contributed by atoms with van der Waals surface area (Å²) in [5.74, 6) is 0.631. The summed E-state index contributed by atoms with van der Waals surface area (Å²) < 4.78 is 5.31. The summed E-state index contributed by atoms with van der Waals surface area (Å²) in [5, 5.41) is 2.81. The molecule has 17 heavy (non-hydrogen) atoms. The van der Waals surface area contributed by atoms with E-state index in [9.17, 15) is 4.79 Å². The normalized spacial score (nSPS) is 14.9. The smallest absolute Gasteiger partial charge is 0.262 e. The molecule has 0 bridgehead atoms. The summed E-state index contributed by atoms with van der Waals surface area (Å²) in [6.45, 7) is 4.98. The van der Waals surface area contributed by atoms with E-state index >= 15 is 0 Å². The van der Waals surface area contributed by atoms with E-state index in [1.54, 1.807) is 0 Å². The van der Waals surface area contributed by atoms with Crippen LogP contribution in [0.15, 0.2) is 18.2 Å². The Morgan fingerprint density at radius 1 is 1.47 bits per heavy atom. The fourth-order valence-corrected chi connectivity index (χ4v) is 1.86.